The predicted molar refractivity (Wildman–Crippen MR) is 118 cm³/mol. The highest BCUT2D eigenvalue weighted by atomic mass is 32.2. The fraction of sp³-hybridized carbons (Fsp3) is 0.222. The second kappa shape index (κ2) is 11.2. The molecule has 0 bridgehead atoms. The minimum atomic E-state index is 0.470. The van der Waals surface area contributed by atoms with Gasteiger partial charge in [0.2, 0.25) is 10.3 Å². The fourth-order valence-electron chi connectivity index (χ4n) is 2.32. The topological polar surface area (TPSA) is 125 Å². The fourth-order valence-corrected chi connectivity index (χ4v) is 3.99. The Morgan fingerprint density at radius 3 is 2.30 bits per heavy atom. The smallest absolute Gasteiger partial charge is 0.214 e. The van der Waals surface area contributed by atoms with Gasteiger partial charge in [-0.15, -0.1) is 10.2 Å². The Labute approximate surface area is 181 Å². The molecule has 156 valence electrons. The van der Waals surface area contributed by atoms with Gasteiger partial charge < -0.3 is 15.3 Å². The first-order valence-corrected chi connectivity index (χ1v) is 10.7. The van der Waals surface area contributed by atoms with Crippen LogP contribution < -0.4 is 15.3 Å². The van der Waals surface area contributed by atoms with Crippen LogP contribution in [-0.2, 0) is 0 Å². The van der Waals surface area contributed by atoms with Crippen LogP contribution in [0.25, 0.3) is 5.69 Å². The summed E-state index contributed by atoms with van der Waals surface area (Å²) in [6.45, 7) is 0. The largest absolute Gasteiger partial charge is 0.497 e. The molecule has 3 rings (SSSR count). The minimum Gasteiger partial charge on any atom is -0.497 e. The number of hydrogen-bond acceptors (Lipinski definition) is 9. The van der Waals surface area contributed by atoms with Crippen molar-refractivity contribution in [2.75, 3.05) is 25.7 Å². The van der Waals surface area contributed by atoms with Crippen molar-refractivity contribution in [3.63, 3.8) is 0 Å². The van der Waals surface area contributed by atoms with E-state index in [1.807, 2.05) is 48.5 Å². The molecule has 10 nitrogen and oxygen atoms in total. The molecule has 2 aromatic carbocycles. The molecule has 1 heterocycles. The monoisotopic (exact) mass is 444 g/mol. The van der Waals surface area contributed by atoms with Gasteiger partial charge in [-0.2, -0.15) is 4.68 Å². The van der Waals surface area contributed by atoms with Crippen molar-refractivity contribution in [3.8, 4) is 17.2 Å². The third-order valence-electron chi connectivity index (χ3n) is 3.74. The van der Waals surface area contributed by atoms with Crippen molar-refractivity contribution in [1.29, 1.82) is 0 Å². The average Bonchev–Trinajstić information content (AvgIpc) is 3.26. The summed E-state index contributed by atoms with van der Waals surface area (Å²) in [7, 11) is 3.24. The lowest BCUT2D eigenvalue weighted by Gasteiger charge is -2.05. The molecule has 0 unspecified atom stereocenters. The van der Waals surface area contributed by atoms with Crippen LogP contribution in [0.3, 0.4) is 0 Å². The summed E-state index contributed by atoms with van der Waals surface area (Å²) in [5.41, 5.74) is 1.59. The molecule has 30 heavy (non-hydrogen) atoms. The molecule has 0 aliphatic rings. The number of hydrogen-bond donors (Lipinski definition) is 1. The molecule has 2 N–H and O–H groups in total. The first kappa shape index (κ1) is 21.6. The summed E-state index contributed by atoms with van der Waals surface area (Å²) in [5.74, 6) is 8.20. The lowest BCUT2D eigenvalue weighted by Crippen LogP contribution is -2.00. The number of nitrogens with zero attached hydrogens (tertiary/aromatic N) is 7. The van der Waals surface area contributed by atoms with Gasteiger partial charge in [-0.25, -0.2) is 4.99 Å². The maximum Gasteiger partial charge on any atom is 0.214 e. The highest BCUT2D eigenvalue weighted by Crippen LogP contribution is 2.23. The lowest BCUT2D eigenvalue weighted by molar-refractivity contribution is 0.414. The third kappa shape index (κ3) is 5.94. The lowest BCUT2D eigenvalue weighted by atomic mass is 10.3. The van der Waals surface area contributed by atoms with E-state index in [0.717, 1.165) is 28.6 Å². The van der Waals surface area contributed by atoms with Crippen molar-refractivity contribution >= 4 is 34.4 Å². The molecule has 0 atom stereocenters. The van der Waals surface area contributed by atoms with Crippen LogP contribution >= 0.6 is 23.5 Å². The van der Waals surface area contributed by atoms with E-state index in [4.69, 9.17) is 15.3 Å². The first-order valence-electron chi connectivity index (χ1n) is 8.75. The molecule has 0 fully saturated rings. The van der Waals surface area contributed by atoms with E-state index in [9.17, 15) is 0 Å². The van der Waals surface area contributed by atoms with Gasteiger partial charge >= 0.3 is 0 Å². The van der Waals surface area contributed by atoms with Crippen LogP contribution in [0, 0.1) is 0 Å². The minimum absolute atomic E-state index is 0.470. The molecule has 0 aliphatic carbocycles. The van der Waals surface area contributed by atoms with Gasteiger partial charge in [0.05, 0.1) is 25.6 Å². The zero-order valence-electron chi connectivity index (χ0n) is 16.4. The Bertz CT molecular complexity index is 990. The number of benzene rings is 2. The van der Waals surface area contributed by atoms with Crippen LogP contribution in [-0.4, -0.2) is 51.1 Å². The molecular weight excluding hydrogens is 424 g/mol. The van der Waals surface area contributed by atoms with Gasteiger partial charge in [0.25, 0.3) is 0 Å². The van der Waals surface area contributed by atoms with Crippen LogP contribution in [0.1, 0.15) is 0 Å². The highest BCUT2D eigenvalue weighted by molar-refractivity contribution is 8.14. The molecule has 3 aromatic rings. The van der Waals surface area contributed by atoms with E-state index in [0.29, 0.717) is 16.1 Å². The Morgan fingerprint density at radius 1 is 1.00 bits per heavy atom. The van der Waals surface area contributed by atoms with Crippen LogP contribution in [0.5, 0.6) is 11.5 Å². The quantitative estimate of drug-likeness (QED) is 0.106. The highest BCUT2D eigenvalue weighted by Gasteiger charge is 2.10. The number of ether oxygens (including phenoxy) is 2. The number of amidine groups is 1. The molecule has 0 radical (unpaired) electrons. The molecule has 0 spiro atoms. The van der Waals surface area contributed by atoms with Crippen molar-refractivity contribution in [1.82, 2.24) is 20.2 Å². The maximum absolute atomic E-state index is 5.22. The second-order valence-electron chi connectivity index (χ2n) is 5.58. The number of thioether (sulfide) groups is 2. The van der Waals surface area contributed by atoms with Crippen molar-refractivity contribution in [3.05, 3.63) is 48.5 Å². The summed E-state index contributed by atoms with van der Waals surface area (Å²) in [5, 5.41) is 20.3. The van der Waals surface area contributed by atoms with Crippen molar-refractivity contribution < 1.29 is 9.47 Å². The summed E-state index contributed by atoms with van der Waals surface area (Å²) >= 11 is 2.97. The third-order valence-corrected chi connectivity index (χ3v) is 5.76. The van der Waals surface area contributed by atoms with Gasteiger partial charge in [0.15, 0.2) is 0 Å². The summed E-state index contributed by atoms with van der Waals surface area (Å²) in [6, 6.07) is 14.9. The number of aromatic nitrogens is 4. The van der Waals surface area contributed by atoms with E-state index in [1.165, 1.54) is 23.5 Å². The molecule has 0 saturated carbocycles. The maximum atomic E-state index is 5.22. The summed E-state index contributed by atoms with van der Waals surface area (Å²) < 4.78 is 12.0. The number of nitrogens with two attached hydrogens (primary N) is 1. The zero-order valence-corrected chi connectivity index (χ0v) is 18.0. The van der Waals surface area contributed by atoms with E-state index in [1.54, 1.807) is 18.9 Å². The molecular formula is C18H20N8O2S2. The van der Waals surface area contributed by atoms with E-state index >= 15 is 0 Å². The van der Waals surface area contributed by atoms with Gasteiger partial charge in [-0.1, -0.05) is 28.7 Å². The Balaban J connectivity index is 1.57. The standard InChI is InChI=1S/C18H20N8O2S2/c1-27-15-7-3-13(4-8-15)20-17(21-23-19)29-11-12-30-18-22-24-25-26(18)14-5-9-16(28-2)10-6-14/h3-10H,11-12H2,1-2H3,(H2,19,20,21). The Morgan fingerprint density at radius 2 is 1.67 bits per heavy atom. The van der Waals surface area contributed by atoms with Gasteiger partial charge in [0, 0.05) is 11.5 Å². The van der Waals surface area contributed by atoms with E-state index in [-0.39, 0.29) is 0 Å². The number of aliphatic imine (C=N–C) groups is 1. The van der Waals surface area contributed by atoms with Gasteiger partial charge in [-0.05, 0) is 59.0 Å². The molecule has 0 aliphatic heterocycles. The SMILES string of the molecule is COc1ccc(N=C(N=NN)SCCSc2nnnn2-c2ccc(OC)cc2)cc1. The predicted octanol–water partition coefficient (Wildman–Crippen LogP) is 3.52. The molecule has 0 amide bonds. The number of rotatable bonds is 8. The molecule has 0 saturated heterocycles. The number of tetrazole rings is 1. The van der Waals surface area contributed by atoms with E-state index < -0.39 is 0 Å². The second-order valence-corrected chi connectivity index (χ2v) is 7.70. The molecule has 12 heteroatoms. The first-order chi connectivity index (χ1) is 14.7. The average molecular weight is 445 g/mol. The summed E-state index contributed by atoms with van der Waals surface area (Å²) in [6.07, 6.45) is 0. The van der Waals surface area contributed by atoms with Gasteiger partial charge in [0.1, 0.15) is 11.5 Å². The van der Waals surface area contributed by atoms with Crippen LogP contribution in [0.2, 0.25) is 0 Å². The normalized spacial score (nSPS) is 11.7. The van der Waals surface area contributed by atoms with Gasteiger partial charge in [-0.3, -0.25) is 0 Å². The summed E-state index contributed by atoms with van der Waals surface area (Å²) in [4.78, 5) is 4.46. The zero-order chi connectivity index (χ0) is 21.2. The van der Waals surface area contributed by atoms with E-state index in [2.05, 4.69) is 30.9 Å². The van der Waals surface area contributed by atoms with Crippen molar-refractivity contribution in [2.45, 2.75) is 5.16 Å². The van der Waals surface area contributed by atoms with Crippen LogP contribution in [0.4, 0.5) is 5.69 Å². The Hall–Kier alpha value is -3.12. The van der Waals surface area contributed by atoms with Crippen molar-refractivity contribution in [2.24, 2.45) is 21.2 Å². The number of methoxy groups -OCH3 is 2. The molecule has 1 aromatic heterocycles. The van der Waals surface area contributed by atoms with Crippen LogP contribution in [0.15, 0.2) is 69.0 Å². The Kier molecular flexibility index (Phi) is 8.03.